The van der Waals surface area contributed by atoms with Crippen LogP contribution in [0, 0.1) is 11.7 Å². The van der Waals surface area contributed by atoms with Crippen molar-refractivity contribution in [2.45, 2.75) is 20.0 Å². The summed E-state index contributed by atoms with van der Waals surface area (Å²) < 4.78 is 23.6. The van der Waals surface area contributed by atoms with Gasteiger partial charge in [-0.1, -0.05) is 13.8 Å². The van der Waals surface area contributed by atoms with Crippen molar-refractivity contribution < 1.29 is 28.2 Å². The first-order valence-corrected chi connectivity index (χ1v) is 6.41. The number of methoxy groups -OCH3 is 1. The van der Waals surface area contributed by atoms with Crippen molar-refractivity contribution in [3.8, 4) is 5.75 Å². The number of hydrogen-bond donors (Lipinski definition) is 2. The molecular weight excluding hydrogens is 295 g/mol. The Hall–Kier alpha value is -2.64. The summed E-state index contributed by atoms with van der Waals surface area (Å²) in [7, 11) is 1.36. The predicted molar refractivity (Wildman–Crippen MR) is 74.7 cm³/mol. The lowest BCUT2D eigenvalue weighted by Gasteiger charge is -2.20. The number of carbonyl (C=O) groups excluding carboxylic acids is 3. The van der Waals surface area contributed by atoms with Gasteiger partial charge in [-0.25, -0.2) is 14.0 Å². The molecule has 1 aromatic rings. The maximum atomic E-state index is 13.8. The zero-order valence-electron chi connectivity index (χ0n) is 12.4. The first-order valence-electron chi connectivity index (χ1n) is 6.41. The lowest BCUT2D eigenvalue weighted by Crippen LogP contribution is -2.45. The second kappa shape index (κ2) is 7.39. The van der Waals surface area contributed by atoms with Crippen LogP contribution >= 0.6 is 0 Å². The average molecular weight is 312 g/mol. The van der Waals surface area contributed by atoms with Crippen LogP contribution in [0.25, 0.3) is 0 Å². The fraction of sp³-hybridized carbons (Fsp3) is 0.357. The van der Waals surface area contributed by atoms with E-state index in [9.17, 15) is 18.8 Å². The number of ether oxygens (including phenoxy) is 2. The van der Waals surface area contributed by atoms with Crippen molar-refractivity contribution in [3.05, 3.63) is 29.6 Å². The van der Waals surface area contributed by atoms with E-state index in [-0.39, 0.29) is 11.3 Å². The molecule has 3 N–H and O–H groups in total. The number of imide groups is 1. The lowest BCUT2D eigenvalue weighted by atomic mass is 10.1. The van der Waals surface area contributed by atoms with Crippen LogP contribution in [0.15, 0.2) is 18.2 Å². The Balaban J connectivity index is 2.92. The van der Waals surface area contributed by atoms with Crippen LogP contribution in [0.3, 0.4) is 0 Å². The highest BCUT2D eigenvalue weighted by molar-refractivity contribution is 5.98. The van der Waals surface area contributed by atoms with E-state index in [0.29, 0.717) is 0 Å². The van der Waals surface area contributed by atoms with E-state index in [4.69, 9.17) is 15.2 Å². The van der Waals surface area contributed by atoms with Crippen LogP contribution in [0.2, 0.25) is 0 Å². The predicted octanol–water partition coefficient (Wildman–Crippen LogP) is 1.21. The molecule has 0 heterocycles. The highest BCUT2D eigenvalue weighted by Crippen LogP contribution is 2.18. The van der Waals surface area contributed by atoms with E-state index < -0.39 is 35.7 Å². The molecule has 1 rings (SSSR count). The molecule has 0 radical (unpaired) electrons. The van der Waals surface area contributed by atoms with Gasteiger partial charge in [0.05, 0.1) is 12.7 Å². The number of urea groups is 1. The summed E-state index contributed by atoms with van der Waals surface area (Å²) in [5.74, 6) is -2.95. The fourth-order valence-electron chi connectivity index (χ4n) is 1.65. The molecule has 0 aliphatic carbocycles. The van der Waals surface area contributed by atoms with E-state index in [1.807, 2.05) is 5.32 Å². The molecule has 0 spiro atoms. The van der Waals surface area contributed by atoms with Gasteiger partial charge in [0, 0.05) is 6.07 Å². The average Bonchev–Trinajstić information content (AvgIpc) is 2.42. The Morgan fingerprint density at radius 2 is 1.91 bits per heavy atom. The van der Waals surface area contributed by atoms with Gasteiger partial charge in [0.2, 0.25) is 0 Å². The molecule has 0 aromatic heterocycles. The van der Waals surface area contributed by atoms with Crippen molar-refractivity contribution in [1.82, 2.24) is 5.32 Å². The second-order valence-corrected chi connectivity index (χ2v) is 4.77. The van der Waals surface area contributed by atoms with Crippen LogP contribution in [0.4, 0.5) is 9.18 Å². The number of halogens is 1. The van der Waals surface area contributed by atoms with E-state index in [1.165, 1.54) is 19.2 Å². The van der Waals surface area contributed by atoms with E-state index >= 15 is 0 Å². The zero-order chi connectivity index (χ0) is 16.9. The highest BCUT2D eigenvalue weighted by atomic mass is 19.1. The van der Waals surface area contributed by atoms with Crippen LogP contribution in [-0.4, -0.2) is 31.1 Å². The molecule has 3 amide bonds. The number of amides is 3. The summed E-state index contributed by atoms with van der Waals surface area (Å²) in [5.41, 5.74) is 4.50. The molecule has 0 aliphatic heterocycles. The number of rotatable bonds is 5. The number of nitrogens with two attached hydrogens (primary N) is 1. The molecule has 0 aliphatic rings. The van der Waals surface area contributed by atoms with Crippen LogP contribution in [-0.2, 0) is 9.53 Å². The van der Waals surface area contributed by atoms with Gasteiger partial charge in [0.1, 0.15) is 11.6 Å². The molecule has 0 bridgehead atoms. The minimum absolute atomic E-state index is 0.237. The Labute approximate surface area is 126 Å². The van der Waals surface area contributed by atoms with Gasteiger partial charge in [-0.15, -0.1) is 0 Å². The summed E-state index contributed by atoms with van der Waals surface area (Å²) in [6.07, 6.45) is -1.28. The fourth-order valence-corrected chi connectivity index (χ4v) is 1.65. The Morgan fingerprint density at radius 3 is 2.36 bits per heavy atom. The molecule has 0 fully saturated rings. The summed E-state index contributed by atoms with van der Waals surface area (Å²) >= 11 is 0. The van der Waals surface area contributed by atoms with Gasteiger partial charge in [-0.05, 0) is 18.1 Å². The number of hydrogen-bond acceptors (Lipinski definition) is 5. The van der Waals surface area contributed by atoms with Crippen LogP contribution in [0.5, 0.6) is 5.75 Å². The Bertz CT molecular complexity index is 589. The lowest BCUT2D eigenvalue weighted by molar-refractivity contribution is -0.130. The standard InChI is InChI=1S/C14H17FN2O5/c1-7(2)11(12(18)17-14(16)20)22-13(19)9-5-4-8(21-3)6-10(9)15/h4-7,11H,1-3H3,(H3,16,17,18,20)/t11-/m0/s1. The van der Waals surface area contributed by atoms with Crippen molar-refractivity contribution in [1.29, 1.82) is 0 Å². The number of nitrogens with one attached hydrogen (secondary N) is 1. The van der Waals surface area contributed by atoms with Crippen LogP contribution < -0.4 is 15.8 Å². The van der Waals surface area contributed by atoms with Gasteiger partial charge in [-0.3, -0.25) is 10.1 Å². The van der Waals surface area contributed by atoms with Crippen molar-refractivity contribution >= 4 is 17.9 Å². The molecule has 0 saturated carbocycles. The summed E-state index contributed by atoms with van der Waals surface area (Å²) in [6, 6.07) is 2.51. The summed E-state index contributed by atoms with van der Waals surface area (Å²) in [6.45, 7) is 3.20. The third-order valence-corrected chi connectivity index (χ3v) is 2.74. The molecule has 1 atom stereocenters. The minimum atomic E-state index is -1.28. The summed E-state index contributed by atoms with van der Waals surface area (Å²) in [5, 5.41) is 1.82. The van der Waals surface area contributed by atoms with Gasteiger partial charge in [0.25, 0.3) is 5.91 Å². The number of esters is 1. The zero-order valence-corrected chi connectivity index (χ0v) is 12.4. The SMILES string of the molecule is COc1ccc(C(=O)O[C@H](C(=O)NC(N)=O)C(C)C)c(F)c1. The highest BCUT2D eigenvalue weighted by Gasteiger charge is 2.28. The van der Waals surface area contributed by atoms with Gasteiger partial charge in [0.15, 0.2) is 6.10 Å². The Morgan fingerprint density at radius 1 is 1.27 bits per heavy atom. The molecule has 0 saturated heterocycles. The molecule has 8 heteroatoms. The summed E-state index contributed by atoms with van der Waals surface area (Å²) in [4.78, 5) is 34.4. The first kappa shape index (κ1) is 17.4. The monoisotopic (exact) mass is 312 g/mol. The Kier molecular flexibility index (Phi) is 5.85. The normalized spacial score (nSPS) is 11.7. The molecule has 7 nitrogen and oxygen atoms in total. The number of benzene rings is 1. The molecule has 120 valence electrons. The maximum Gasteiger partial charge on any atom is 0.341 e. The molecule has 0 unspecified atom stereocenters. The minimum Gasteiger partial charge on any atom is -0.497 e. The van der Waals surface area contributed by atoms with Gasteiger partial charge in [-0.2, -0.15) is 0 Å². The second-order valence-electron chi connectivity index (χ2n) is 4.77. The third-order valence-electron chi connectivity index (χ3n) is 2.74. The molecular formula is C14H17FN2O5. The number of carbonyl (C=O) groups is 3. The smallest absolute Gasteiger partial charge is 0.341 e. The van der Waals surface area contributed by atoms with E-state index in [0.717, 1.165) is 6.07 Å². The van der Waals surface area contributed by atoms with E-state index in [2.05, 4.69) is 0 Å². The largest absolute Gasteiger partial charge is 0.497 e. The van der Waals surface area contributed by atoms with Gasteiger partial charge >= 0.3 is 12.0 Å². The quantitative estimate of drug-likeness (QED) is 0.795. The first-order chi connectivity index (χ1) is 10.3. The van der Waals surface area contributed by atoms with Crippen molar-refractivity contribution in [2.24, 2.45) is 11.7 Å². The van der Waals surface area contributed by atoms with E-state index in [1.54, 1.807) is 13.8 Å². The molecule has 1 aromatic carbocycles. The molecule has 22 heavy (non-hydrogen) atoms. The number of primary amides is 1. The maximum absolute atomic E-state index is 13.8. The van der Waals surface area contributed by atoms with Gasteiger partial charge < -0.3 is 15.2 Å². The van der Waals surface area contributed by atoms with Crippen molar-refractivity contribution in [2.75, 3.05) is 7.11 Å². The van der Waals surface area contributed by atoms with Crippen LogP contribution in [0.1, 0.15) is 24.2 Å². The topological polar surface area (TPSA) is 108 Å². The third kappa shape index (κ3) is 4.44. The van der Waals surface area contributed by atoms with Crippen molar-refractivity contribution in [3.63, 3.8) is 0 Å².